The number of carbonyl (C=O) groups excluding carboxylic acids is 1. The van der Waals surface area contributed by atoms with Crippen LogP contribution in [0, 0.1) is 0 Å². The Morgan fingerprint density at radius 2 is 1.91 bits per heavy atom. The maximum Gasteiger partial charge on any atom is 0.261 e. The number of nitrogens with zero attached hydrogens (tertiary/aromatic N) is 2. The fourth-order valence-corrected chi connectivity index (χ4v) is 4.79. The summed E-state index contributed by atoms with van der Waals surface area (Å²) in [6.07, 6.45) is 8.34. The molecule has 0 spiro atoms. The Kier molecular flexibility index (Phi) is 6.62. The highest BCUT2D eigenvalue weighted by molar-refractivity contribution is 7.92. The third kappa shape index (κ3) is 5.38. The van der Waals surface area contributed by atoms with Gasteiger partial charge in [0.05, 0.1) is 27.8 Å². The van der Waals surface area contributed by atoms with Crippen LogP contribution in [-0.4, -0.2) is 23.9 Å². The number of imidazole rings is 1. The molecule has 1 aliphatic heterocycles. The van der Waals surface area contributed by atoms with Crippen molar-refractivity contribution in [2.45, 2.75) is 37.2 Å². The number of halogens is 1. The van der Waals surface area contributed by atoms with Crippen molar-refractivity contribution in [3.8, 4) is 0 Å². The fraction of sp³-hybridized carbons (Fsp3) is 0.217. The zero-order valence-electron chi connectivity index (χ0n) is 17.3. The minimum Gasteiger partial charge on any atom is -0.347 e. The standard InChI is InChI=1S/C23H23ClN4O3S/c24-20-5-1-2-6-21(20)27-32(30,31)19-11-8-17(9-12-19)10-13-23(29)25-15-18-16-28-14-4-3-7-22(28)26-18/h1-2,5-6,8-13,16,27H,3-4,7,14-15H2,(H,25,29)/b13-10+. The smallest absolute Gasteiger partial charge is 0.261 e. The van der Waals surface area contributed by atoms with Crippen LogP contribution in [0.1, 0.15) is 29.9 Å². The molecule has 4 rings (SSSR count). The number of aromatic nitrogens is 2. The molecule has 0 bridgehead atoms. The van der Waals surface area contributed by atoms with Crippen molar-refractivity contribution >= 4 is 39.3 Å². The molecular weight excluding hydrogens is 448 g/mol. The first kappa shape index (κ1) is 22.1. The number of carbonyl (C=O) groups is 1. The van der Waals surface area contributed by atoms with Gasteiger partial charge in [0.1, 0.15) is 5.82 Å². The number of aryl methyl sites for hydroxylation is 2. The predicted molar refractivity (Wildman–Crippen MR) is 125 cm³/mol. The van der Waals surface area contributed by atoms with E-state index in [1.807, 2.05) is 6.20 Å². The number of hydrogen-bond acceptors (Lipinski definition) is 4. The average Bonchev–Trinajstić information content (AvgIpc) is 3.21. The highest BCUT2D eigenvalue weighted by Gasteiger charge is 2.15. The predicted octanol–water partition coefficient (Wildman–Crippen LogP) is 4.00. The molecule has 0 saturated carbocycles. The molecule has 166 valence electrons. The highest BCUT2D eigenvalue weighted by atomic mass is 35.5. The lowest BCUT2D eigenvalue weighted by molar-refractivity contribution is -0.116. The van der Waals surface area contributed by atoms with Gasteiger partial charge in [-0.05, 0) is 48.7 Å². The fourth-order valence-electron chi connectivity index (χ4n) is 3.47. The number of rotatable bonds is 7. The molecule has 0 fully saturated rings. The zero-order chi connectivity index (χ0) is 22.6. The minimum atomic E-state index is -3.77. The Bertz CT molecular complexity index is 1230. The summed E-state index contributed by atoms with van der Waals surface area (Å²) >= 11 is 6.03. The molecule has 3 aromatic rings. The average molecular weight is 471 g/mol. The summed E-state index contributed by atoms with van der Waals surface area (Å²) in [6.45, 7) is 1.35. The molecule has 1 aliphatic rings. The number of sulfonamides is 1. The Hall–Kier alpha value is -3.10. The van der Waals surface area contributed by atoms with Crippen molar-refractivity contribution in [1.29, 1.82) is 0 Å². The summed E-state index contributed by atoms with van der Waals surface area (Å²) in [5.41, 5.74) is 1.87. The van der Waals surface area contributed by atoms with E-state index in [0.29, 0.717) is 22.8 Å². The first-order chi connectivity index (χ1) is 15.4. The van der Waals surface area contributed by atoms with Gasteiger partial charge in [-0.2, -0.15) is 0 Å². The number of para-hydroxylation sites is 1. The van der Waals surface area contributed by atoms with E-state index in [1.54, 1.807) is 42.5 Å². The first-order valence-electron chi connectivity index (χ1n) is 10.3. The van der Waals surface area contributed by atoms with E-state index in [9.17, 15) is 13.2 Å². The molecule has 0 atom stereocenters. The van der Waals surface area contributed by atoms with Crippen molar-refractivity contribution in [3.63, 3.8) is 0 Å². The molecule has 7 nitrogen and oxygen atoms in total. The normalized spacial score (nSPS) is 13.7. The first-order valence-corrected chi connectivity index (χ1v) is 12.1. The third-order valence-corrected chi connectivity index (χ3v) is 6.85. The maximum absolute atomic E-state index is 12.6. The molecule has 0 aliphatic carbocycles. The lowest BCUT2D eigenvalue weighted by atomic mass is 10.2. The van der Waals surface area contributed by atoms with Crippen LogP contribution in [-0.2, 0) is 34.3 Å². The molecule has 2 heterocycles. The lowest BCUT2D eigenvalue weighted by Crippen LogP contribution is -2.20. The quantitative estimate of drug-likeness (QED) is 0.510. The second-order valence-corrected chi connectivity index (χ2v) is 9.59. The number of amides is 1. The van der Waals surface area contributed by atoms with Crippen molar-refractivity contribution in [2.75, 3.05) is 4.72 Å². The molecule has 1 aromatic heterocycles. The Labute approximate surface area is 192 Å². The van der Waals surface area contributed by atoms with Crippen LogP contribution in [0.3, 0.4) is 0 Å². The summed E-state index contributed by atoms with van der Waals surface area (Å²) in [4.78, 5) is 16.8. The van der Waals surface area contributed by atoms with Crippen LogP contribution in [0.15, 0.2) is 65.7 Å². The van der Waals surface area contributed by atoms with Gasteiger partial charge in [-0.15, -0.1) is 0 Å². The summed E-state index contributed by atoms with van der Waals surface area (Å²) in [7, 11) is -3.77. The van der Waals surface area contributed by atoms with Crippen LogP contribution in [0.5, 0.6) is 0 Å². The van der Waals surface area contributed by atoms with E-state index in [2.05, 4.69) is 19.6 Å². The molecule has 2 aromatic carbocycles. The Balaban J connectivity index is 1.34. The van der Waals surface area contributed by atoms with Gasteiger partial charge in [-0.3, -0.25) is 9.52 Å². The summed E-state index contributed by atoms with van der Waals surface area (Å²) in [5.74, 6) is 0.836. The van der Waals surface area contributed by atoms with E-state index in [-0.39, 0.29) is 10.8 Å². The number of nitrogens with one attached hydrogen (secondary N) is 2. The van der Waals surface area contributed by atoms with E-state index in [1.165, 1.54) is 18.2 Å². The number of fused-ring (bicyclic) bond motifs is 1. The molecule has 0 unspecified atom stereocenters. The molecule has 1 amide bonds. The summed E-state index contributed by atoms with van der Waals surface area (Å²) < 4.78 is 29.8. The highest BCUT2D eigenvalue weighted by Crippen LogP contribution is 2.24. The molecule has 0 radical (unpaired) electrons. The van der Waals surface area contributed by atoms with Crippen LogP contribution < -0.4 is 10.0 Å². The molecule has 0 saturated heterocycles. The molecule has 32 heavy (non-hydrogen) atoms. The Morgan fingerprint density at radius 3 is 2.66 bits per heavy atom. The number of anilines is 1. The topological polar surface area (TPSA) is 93.1 Å². The van der Waals surface area contributed by atoms with E-state index in [4.69, 9.17) is 11.6 Å². The monoisotopic (exact) mass is 470 g/mol. The van der Waals surface area contributed by atoms with Crippen molar-refractivity contribution < 1.29 is 13.2 Å². The van der Waals surface area contributed by atoms with Crippen molar-refractivity contribution in [3.05, 3.63) is 82.9 Å². The second-order valence-electron chi connectivity index (χ2n) is 7.50. The van der Waals surface area contributed by atoms with Gasteiger partial charge in [-0.1, -0.05) is 35.9 Å². The van der Waals surface area contributed by atoms with Gasteiger partial charge in [0.25, 0.3) is 10.0 Å². The second kappa shape index (κ2) is 9.58. The SMILES string of the molecule is O=C(/C=C/c1ccc(S(=O)(=O)Nc2ccccc2Cl)cc1)NCc1cn2c(n1)CCCC2. The summed E-state index contributed by atoms with van der Waals surface area (Å²) in [5, 5.41) is 3.14. The van der Waals surface area contributed by atoms with Gasteiger partial charge in [-0.25, -0.2) is 13.4 Å². The van der Waals surface area contributed by atoms with Crippen LogP contribution >= 0.6 is 11.6 Å². The van der Waals surface area contributed by atoms with E-state index in [0.717, 1.165) is 37.3 Å². The zero-order valence-corrected chi connectivity index (χ0v) is 18.9. The third-order valence-electron chi connectivity index (χ3n) is 5.14. The van der Waals surface area contributed by atoms with Gasteiger partial charge >= 0.3 is 0 Å². The van der Waals surface area contributed by atoms with Crippen LogP contribution in [0.4, 0.5) is 5.69 Å². The van der Waals surface area contributed by atoms with E-state index >= 15 is 0 Å². The van der Waals surface area contributed by atoms with Gasteiger partial charge in [0.2, 0.25) is 5.91 Å². The number of benzene rings is 2. The van der Waals surface area contributed by atoms with Crippen molar-refractivity contribution in [1.82, 2.24) is 14.9 Å². The van der Waals surface area contributed by atoms with Gasteiger partial charge < -0.3 is 9.88 Å². The summed E-state index contributed by atoms with van der Waals surface area (Å²) in [6, 6.07) is 12.8. The molecule has 9 heteroatoms. The van der Waals surface area contributed by atoms with Gasteiger partial charge in [0, 0.05) is 25.2 Å². The van der Waals surface area contributed by atoms with Gasteiger partial charge in [0.15, 0.2) is 0 Å². The Morgan fingerprint density at radius 1 is 1.12 bits per heavy atom. The minimum absolute atomic E-state index is 0.0998. The van der Waals surface area contributed by atoms with E-state index < -0.39 is 10.0 Å². The van der Waals surface area contributed by atoms with Crippen LogP contribution in [0.2, 0.25) is 5.02 Å². The maximum atomic E-state index is 12.6. The number of hydrogen-bond donors (Lipinski definition) is 2. The molecular formula is C23H23ClN4O3S. The van der Waals surface area contributed by atoms with Crippen molar-refractivity contribution in [2.24, 2.45) is 0 Å². The largest absolute Gasteiger partial charge is 0.347 e. The molecule has 2 N–H and O–H groups in total. The van der Waals surface area contributed by atoms with Crippen LogP contribution in [0.25, 0.3) is 6.08 Å². The lowest BCUT2D eigenvalue weighted by Gasteiger charge is -2.11.